The molecular formula is C62H43NO. The van der Waals surface area contributed by atoms with Crippen LogP contribution in [0.5, 0.6) is 0 Å². The smallest absolute Gasteiger partial charge is 0.159 e. The van der Waals surface area contributed by atoms with Crippen LogP contribution in [-0.2, 0) is 10.8 Å². The Hall–Kier alpha value is -7.94. The van der Waals surface area contributed by atoms with E-state index in [4.69, 9.17) is 4.42 Å². The van der Waals surface area contributed by atoms with Crippen LogP contribution in [0.3, 0.4) is 0 Å². The van der Waals surface area contributed by atoms with E-state index >= 15 is 0 Å². The van der Waals surface area contributed by atoms with E-state index < -0.39 is 5.41 Å². The Balaban J connectivity index is 1.11. The second-order valence-corrected chi connectivity index (χ2v) is 18.0. The molecule has 0 aliphatic heterocycles. The fraction of sp³-hybridized carbons (Fsp3) is 0.0645. The van der Waals surface area contributed by atoms with Gasteiger partial charge in [0, 0.05) is 27.6 Å². The van der Waals surface area contributed by atoms with E-state index in [2.05, 4.69) is 243 Å². The van der Waals surface area contributed by atoms with Crippen molar-refractivity contribution in [1.29, 1.82) is 0 Å². The van der Waals surface area contributed by atoms with Crippen molar-refractivity contribution in [3.05, 3.63) is 258 Å². The lowest BCUT2D eigenvalue weighted by Crippen LogP contribution is -2.28. The molecule has 0 saturated heterocycles. The van der Waals surface area contributed by atoms with Gasteiger partial charge in [0.05, 0.1) is 11.1 Å². The SMILES string of the molecule is CC1(C)c2ccccc2-c2ccc(N(c3ccc4c(c3)C(c3ccccc3)(c3ccccc3)c3ccccc3-4)c3cccc4c3oc3cc(-c5ccccc5)c5ccccc5c34)cc21. The number of benzene rings is 10. The summed E-state index contributed by atoms with van der Waals surface area (Å²) in [5.41, 5.74) is 19.3. The zero-order valence-corrected chi connectivity index (χ0v) is 35.7. The highest BCUT2D eigenvalue weighted by molar-refractivity contribution is 6.23. The van der Waals surface area contributed by atoms with Gasteiger partial charge in [-0.25, -0.2) is 0 Å². The van der Waals surface area contributed by atoms with Gasteiger partial charge in [0.25, 0.3) is 0 Å². The zero-order chi connectivity index (χ0) is 42.6. The predicted molar refractivity (Wildman–Crippen MR) is 266 cm³/mol. The van der Waals surface area contributed by atoms with E-state index in [1.807, 2.05) is 0 Å². The molecule has 0 N–H and O–H groups in total. The summed E-state index contributed by atoms with van der Waals surface area (Å²) in [6.07, 6.45) is 0. The first-order valence-corrected chi connectivity index (χ1v) is 22.3. The zero-order valence-electron chi connectivity index (χ0n) is 35.7. The molecule has 2 nitrogen and oxygen atoms in total. The first-order chi connectivity index (χ1) is 31.5. The third-order valence-electron chi connectivity index (χ3n) is 14.3. The molecule has 11 aromatic rings. The van der Waals surface area contributed by atoms with Crippen molar-refractivity contribution < 1.29 is 4.42 Å². The molecule has 0 atom stereocenters. The van der Waals surface area contributed by atoms with Gasteiger partial charge in [0.2, 0.25) is 0 Å². The van der Waals surface area contributed by atoms with E-state index in [0.717, 1.165) is 44.6 Å². The van der Waals surface area contributed by atoms with Crippen LogP contribution in [-0.4, -0.2) is 0 Å². The van der Waals surface area contributed by atoms with Crippen molar-refractivity contribution in [1.82, 2.24) is 0 Å². The number of furan rings is 1. The molecular weight excluding hydrogens is 775 g/mol. The Morgan fingerprint density at radius 3 is 1.58 bits per heavy atom. The van der Waals surface area contributed by atoms with Gasteiger partial charge < -0.3 is 9.32 Å². The maximum atomic E-state index is 7.24. The van der Waals surface area contributed by atoms with Gasteiger partial charge >= 0.3 is 0 Å². The molecule has 0 bridgehead atoms. The van der Waals surface area contributed by atoms with Gasteiger partial charge in [-0.2, -0.15) is 0 Å². The van der Waals surface area contributed by atoms with Crippen molar-refractivity contribution in [2.24, 2.45) is 0 Å². The molecule has 2 heteroatoms. The van der Waals surface area contributed by atoms with Crippen LogP contribution in [0.15, 0.2) is 229 Å². The molecule has 10 aromatic carbocycles. The second-order valence-electron chi connectivity index (χ2n) is 18.0. The highest BCUT2D eigenvalue weighted by Crippen LogP contribution is 2.58. The van der Waals surface area contributed by atoms with Gasteiger partial charge in [-0.05, 0) is 114 Å². The minimum Gasteiger partial charge on any atom is -0.454 e. The molecule has 0 saturated carbocycles. The lowest BCUT2D eigenvalue weighted by molar-refractivity contribution is 0.660. The lowest BCUT2D eigenvalue weighted by Gasteiger charge is -2.35. The van der Waals surface area contributed by atoms with Crippen molar-refractivity contribution in [3.8, 4) is 33.4 Å². The fourth-order valence-electron chi connectivity index (χ4n) is 11.5. The molecule has 1 aromatic heterocycles. The van der Waals surface area contributed by atoms with E-state index in [0.29, 0.717) is 0 Å². The number of nitrogens with zero attached hydrogens (tertiary/aromatic N) is 1. The molecule has 0 unspecified atom stereocenters. The van der Waals surface area contributed by atoms with Crippen LogP contribution >= 0.6 is 0 Å². The molecule has 1 heterocycles. The van der Waals surface area contributed by atoms with Gasteiger partial charge in [0.1, 0.15) is 5.58 Å². The Morgan fingerprint density at radius 2 is 0.891 bits per heavy atom. The van der Waals surface area contributed by atoms with E-state index in [-0.39, 0.29) is 5.41 Å². The summed E-state index contributed by atoms with van der Waals surface area (Å²) in [6.45, 7) is 4.73. The minimum atomic E-state index is -0.546. The molecule has 0 spiro atoms. The van der Waals surface area contributed by atoms with Crippen LogP contribution in [0.4, 0.5) is 17.1 Å². The van der Waals surface area contributed by atoms with Crippen molar-refractivity contribution in [2.45, 2.75) is 24.7 Å². The summed E-state index contributed by atoms with van der Waals surface area (Å²) in [4.78, 5) is 2.45. The standard InChI is InChI=1S/C62H43NO/c1-61(2)53-30-16-14-26-46(53)48-35-33-43(37-55(48)61)63(57-32-18-29-51-59-50-28-13-12-25-45(50)52(39-58(59)64-60(51)57)40-19-6-3-7-20-40)44-34-36-49-47-27-15-17-31-54(47)62(56(49)38-44,41-21-8-4-9-22-41)42-23-10-5-11-24-42/h3-39H,1-2H3. The molecule has 2 aliphatic rings. The first-order valence-electron chi connectivity index (χ1n) is 22.3. The Bertz CT molecular complexity index is 3600. The lowest BCUT2D eigenvalue weighted by atomic mass is 9.67. The molecule has 13 rings (SSSR count). The number of rotatable bonds is 6. The van der Waals surface area contributed by atoms with Crippen molar-refractivity contribution in [2.75, 3.05) is 4.90 Å². The summed E-state index contributed by atoms with van der Waals surface area (Å²) >= 11 is 0. The van der Waals surface area contributed by atoms with Gasteiger partial charge in [-0.15, -0.1) is 0 Å². The molecule has 0 fully saturated rings. The minimum absolute atomic E-state index is 0.179. The molecule has 2 aliphatic carbocycles. The van der Waals surface area contributed by atoms with Crippen LogP contribution in [0.25, 0.3) is 66.1 Å². The molecule has 302 valence electrons. The summed E-state index contributed by atoms with van der Waals surface area (Å²) in [6, 6.07) is 82.6. The summed E-state index contributed by atoms with van der Waals surface area (Å²) in [5, 5.41) is 4.62. The number of anilines is 3. The maximum Gasteiger partial charge on any atom is 0.159 e. The van der Waals surface area contributed by atoms with Crippen molar-refractivity contribution in [3.63, 3.8) is 0 Å². The predicted octanol–water partition coefficient (Wildman–Crippen LogP) is 16.5. The Morgan fingerprint density at radius 1 is 0.375 bits per heavy atom. The number of hydrogen-bond acceptors (Lipinski definition) is 2. The third-order valence-corrected chi connectivity index (χ3v) is 14.3. The average Bonchev–Trinajstić information content (AvgIpc) is 3.96. The normalized spacial score (nSPS) is 14.0. The molecule has 64 heavy (non-hydrogen) atoms. The second kappa shape index (κ2) is 13.8. The Labute approximate surface area is 373 Å². The van der Waals surface area contributed by atoms with Crippen LogP contribution in [0, 0.1) is 0 Å². The first kappa shape index (κ1) is 36.7. The van der Waals surface area contributed by atoms with Crippen LogP contribution in [0.1, 0.15) is 47.2 Å². The third kappa shape index (κ3) is 5.08. The van der Waals surface area contributed by atoms with Gasteiger partial charge in [-0.3, -0.25) is 0 Å². The number of hydrogen-bond donors (Lipinski definition) is 0. The average molecular weight is 818 g/mol. The Kier molecular flexibility index (Phi) is 7.90. The quantitative estimate of drug-likeness (QED) is 0.166. The van der Waals surface area contributed by atoms with Crippen LogP contribution < -0.4 is 4.90 Å². The summed E-state index contributed by atoms with van der Waals surface area (Å²) in [7, 11) is 0. The summed E-state index contributed by atoms with van der Waals surface area (Å²) in [5.74, 6) is 0. The maximum absolute atomic E-state index is 7.24. The van der Waals surface area contributed by atoms with E-state index in [1.54, 1.807) is 0 Å². The largest absolute Gasteiger partial charge is 0.454 e. The fourth-order valence-corrected chi connectivity index (χ4v) is 11.5. The number of para-hydroxylation sites is 1. The highest BCUT2D eigenvalue weighted by atomic mass is 16.3. The monoisotopic (exact) mass is 817 g/mol. The van der Waals surface area contributed by atoms with E-state index in [1.165, 1.54) is 72.0 Å². The summed E-state index contributed by atoms with van der Waals surface area (Å²) < 4.78 is 7.24. The molecule has 0 amide bonds. The van der Waals surface area contributed by atoms with Crippen LogP contribution in [0.2, 0.25) is 0 Å². The van der Waals surface area contributed by atoms with Crippen molar-refractivity contribution >= 4 is 49.8 Å². The number of fused-ring (bicyclic) bond motifs is 11. The van der Waals surface area contributed by atoms with Gasteiger partial charge in [0.15, 0.2) is 5.58 Å². The highest BCUT2D eigenvalue weighted by Gasteiger charge is 2.46. The van der Waals surface area contributed by atoms with E-state index in [9.17, 15) is 0 Å². The van der Waals surface area contributed by atoms with Gasteiger partial charge in [-0.1, -0.05) is 202 Å². The topological polar surface area (TPSA) is 16.4 Å². The molecule has 0 radical (unpaired) electrons.